The zero-order chi connectivity index (χ0) is 23.4. The number of rotatable bonds is 4. The van der Waals surface area contributed by atoms with E-state index in [4.69, 9.17) is 25.8 Å². The summed E-state index contributed by atoms with van der Waals surface area (Å²) < 4.78 is 40.5. The van der Waals surface area contributed by atoms with Crippen molar-refractivity contribution >= 4 is 38.2 Å². The summed E-state index contributed by atoms with van der Waals surface area (Å²) in [5, 5.41) is 10.4. The van der Waals surface area contributed by atoms with Gasteiger partial charge in [0.1, 0.15) is 18.3 Å². The summed E-state index contributed by atoms with van der Waals surface area (Å²) in [6.45, 7) is 0.530. The van der Waals surface area contributed by atoms with Crippen LogP contribution in [0.1, 0.15) is 12.0 Å². The van der Waals surface area contributed by atoms with Crippen LogP contribution in [0, 0.1) is 0 Å². The number of aromatic nitrogens is 3. The second-order valence-corrected chi connectivity index (χ2v) is 11.4. The van der Waals surface area contributed by atoms with E-state index >= 15 is 0 Å². The number of imidazole rings is 1. The molecule has 0 spiro atoms. The van der Waals surface area contributed by atoms with Gasteiger partial charge in [0.2, 0.25) is 0 Å². The van der Waals surface area contributed by atoms with Gasteiger partial charge in [0.15, 0.2) is 21.6 Å². The quantitative estimate of drug-likeness (QED) is 0.556. The molecule has 5 heterocycles. The summed E-state index contributed by atoms with van der Waals surface area (Å²) in [5.74, 6) is 0.258. The van der Waals surface area contributed by atoms with E-state index in [-0.39, 0.29) is 42.4 Å². The number of halogens is 1. The van der Waals surface area contributed by atoms with Crippen molar-refractivity contribution in [2.24, 2.45) is 0 Å². The molecule has 11 heteroatoms. The van der Waals surface area contributed by atoms with Gasteiger partial charge in [0, 0.05) is 5.56 Å². The van der Waals surface area contributed by atoms with E-state index in [1.807, 2.05) is 24.3 Å². The van der Waals surface area contributed by atoms with Gasteiger partial charge in [0.05, 0.1) is 41.0 Å². The number of aliphatic hydroxyl groups excluding tert-OH is 1. The van der Waals surface area contributed by atoms with Crippen molar-refractivity contribution in [2.45, 2.75) is 30.8 Å². The Morgan fingerprint density at radius 3 is 2.62 bits per heavy atom. The number of fused-ring (bicyclic) bond motifs is 2. The van der Waals surface area contributed by atoms with Crippen molar-refractivity contribution in [2.75, 3.05) is 24.7 Å². The molecule has 2 saturated heterocycles. The van der Waals surface area contributed by atoms with Crippen molar-refractivity contribution in [3.05, 3.63) is 47.0 Å². The van der Waals surface area contributed by atoms with Gasteiger partial charge in [-0.15, -0.1) is 0 Å². The summed E-state index contributed by atoms with van der Waals surface area (Å²) in [5.41, 5.74) is 4.53. The first kappa shape index (κ1) is 22.0. The minimum absolute atomic E-state index is 0.0821. The minimum Gasteiger partial charge on any atom is -0.456 e. The fourth-order valence-electron chi connectivity index (χ4n) is 4.63. The first-order chi connectivity index (χ1) is 16.4. The molecule has 0 bridgehead atoms. The van der Waals surface area contributed by atoms with Gasteiger partial charge >= 0.3 is 0 Å². The average Bonchev–Trinajstić information content (AvgIpc) is 3.50. The predicted octanol–water partition coefficient (Wildman–Crippen LogP) is 2.39. The van der Waals surface area contributed by atoms with Crippen molar-refractivity contribution in [3.63, 3.8) is 0 Å². The minimum atomic E-state index is -2.96. The normalized spacial score (nSPS) is 28.1. The van der Waals surface area contributed by atoms with Crippen LogP contribution < -0.4 is 4.74 Å². The molecule has 6 rings (SSSR count). The Morgan fingerprint density at radius 2 is 1.85 bits per heavy atom. The second-order valence-electron chi connectivity index (χ2n) is 8.72. The third-order valence-electron chi connectivity index (χ3n) is 6.44. The number of hydrogen-bond donors (Lipinski definition) is 2. The van der Waals surface area contributed by atoms with Gasteiger partial charge in [-0.05, 0) is 23.6 Å². The SMILES string of the molecule is O=S1(=O)CC=C(c2ccc(-c3nc4nc(OC5COC6C(O)COC56)[nH]c4cc3Cl)cc2)CC1. The molecule has 0 aliphatic carbocycles. The number of H-pyrrole nitrogens is 1. The van der Waals surface area contributed by atoms with Gasteiger partial charge in [-0.2, -0.15) is 4.98 Å². The maximum Gasteiger partial charge on any atom is 0.296 e. The summed E-state index contributed by atoms with van der Waals surface area (Å²) in [4.78, 5) is 12.2. The lowest BCUT2D eigenvalue weighted by Gasteiger charge is -2.15. The van der Waals surface area contributed by atoms with Gasteiger partial charge in [-0.1, -0.05) is 41.9 Å². The first-order valence-electron chi connectivity index (χ1n) is 11.0. The van der Waals surface area contributed by atoms with Gasteiger partial charge in [-0.25, -0.2) is 13.4 Å². The van der Waals surface area contributed by atoms with Crippen LogP contribution in [0.3, 0.4) is 0 Å². The maximum absolute atomic E-state index is 11.7. The third kappa shape index (κ3) is 3.99. The Morgan fingerprint density at radius 1 is 1.09 bits per heavy atom. The molecule has 0 radical (unpaired) electrons. The number of aliphatic hydroxyl groups is 1. The van der Waals surface area contributed by atoms with Crippen LogP contribution >= 0.6 is 11.6 Å². The van der Waals surface area contributed by atoms with Crippen LogP contribution in [0.5, 0.6) is 6.01 Å². The highest BCUT2D eigenvalue weighted by molar-refractivity contribution is 7.91. The van der Waals surface area contributed by atoms with E-state index in [1.165, 1.54) is 0 Å². The Kier molecular flexibility index (Phi) is 5.38. The number of ether oxygens (including phenoxy) is 3. The van der Waals surface area contributed by atoms with Crippen molar-refractivity contribution in [3.8, 4) is 17.3 Å². The molecular formula is C23H22ClN3O6S. The highest BCUT2D eigenvalue weighted by atomic mass is 35.5. The van der Waals surface area contributed by atoms with Gasteiger partial charge in [0.25, 0.3) is 6.01 Å². The number of nitrogens with zero attached hydrogens (tertiary/aromatic N) is 2. The number of sulfone groups is 1. The zero-order valence-electron chi connectivity index (χ0n) is 18.0. The fraction of sp³-hybridized carbons (Fsp3) is 0.391. The Balaban J connectivity index is 1.23. The molecule has 1 aromatic carbocycles. The molecular weight excluding hydrogens is 482 g/mol. The Labute approximate surface area is 200 Å². The van der Waals surface area contributed by atoms with Crippen LogP contribution in [-0.4, -0.2) is 77.6 Å². The van der Waals surface area contributed by atoms with Crippen LogP contribution in [0.2, 0.25) is 5.02 Å². The van der Waals surface area contributed by atoms with Gasteiger partial charge < -0.3 is 24.3 Å². The monoisotopic (exact) mass is 503 g/mol. The molecule has 178 valence electrons. The highest BCUT2D eigenvalue weighted by Gasteiger charge is 2.48. The third-order valence-corrected chi connectivity index (χ3v) is 8.23. The Hall–Kier alpha value is -2.50. The molecule has 4 atom stereocenters. The number of nitrogens with one attached hydrogen (secondary N) is 1. The number of pyridine rings is 1. The number of hydrogen-bond acceptors (Lipinski definition) is 8. The summed E-state index contributed by atoms with van der Waals surface area (Å²) in [6.07, 6.45) is 0.546. The number of benzene rings is 1. The average molecular weight is 504 g/mol. The smallest absolute Gasteiger partial charge is 0.296 e. The zero-order valence-corrected chi connectivity index (χ0v) is 19.6. The molecule has 2 N–H and O–H groups in total. The lowest BCUT2D eigenvalue weighted by molar-refractivity contribution is 0.00706. The maximum atomic E-state index is 11.7. The van der Waals surface area contributed by atoms with Gasteiger partial charge in [-0.3, -0.25) is 0 Å². The van der Waals surface area contributed by atoms with E-state index in [0.717, 1.165) is 16.7 Å². The standard InChI is InChI=1S/C23H22ClN3O6S/c24-15-9-16-22(27-23(25-16)33-18-11-32-20-17(28)10-31-21(18)20)26-19(15)14-3-1-12(2-4-14)13-5-7-34(29,30)8-6-13/h1-5,9,17-18,20-21,28H,6-8,10-11H2,(H,25,26,27). The molecule has 2 fully saturated rings. The first-order valence-corrected chi connectivity index (χ1v) is 13.2. The summed E-state index contributed by atoms with van der Waals surface area (Å²) in [6, 6.07) is 9.78. The summed E-state index contributed by atoms with van der Waals surface area (Å²) >= 11 is 6.53. The van der Waals surface area contributed by atoms with Crippen molar-refractivity contribution in [1.82, 2.24) is 15.0 Å². The van der Waals surface area contributed by atoms with Crippen LogP contribution in [0.15, 0.2) is 36.4 Å². The molecule has 9 nitrogen and oxygen atoms in total. The topological polar surface area (TPSA) is 124 Å². The molecule has 4 unspecified atom stereocenters. The van der Waals surface area contributed by atoms with E-state index in [2.05, 4.69) is 15.0 Å². The van der Waals surface area contributed by atoms with Crippen LogP contribution in [0.25, 0.3) is 28.0 Å². The van der Waals surface area contributed by atoms with E-state index in [9.17, 15) is 13.5 Å². The van der Waals surface area contributed by atoms with E-state index in [1.54, 1.807) is 12.1 Å². The molecule has 2 aromatic heterocycles. The number of aromatic amines is 1. The molecule has 0 amide bonds. The number of allylic oxidation sites excluding steroid dienone is 1. The molecule has 0 saturated carbocycles. The van der Waals surface area contributed by atoms with E-state index in [0.29, 0.717) is 34.9 Å². The van der Waals surface area contributed by atoms with E-state index < -0.39 is 15.9 Å². The molecule has 3 aliphatic rings. The van der Waals surface area contributed by atoms with Crippen LogP contribution in [-0.2, 0) is 19.3 Å². The second kappa shape index (κ2) is 8.31. The van der Waals surface area contributed by atoms with Crippen molar-refractivity contribution < 1.29 is 27.7 Å². The lowest BCUT2D eigenvalue weighted by atomic mass is 10.0. The van der Waals surface area contributed by atoms with Crippen LogP contribution in [0.4, 0.5) is 0 Å². The lowest BCUT2D eigenvalue weighted by Crippen LogP contribution is -2.34. The molecule has 34 heavy (non-hydrogen) atoms. The molecule has 3 aromatic rings. The predicted molar refractivity (Wildman–Crippen MR) is 125 cm³/mol. The fourth-order valence-corrected chi connectivity index (χ4v) is 6.04. The highest BCUT2D eigenvalue weighted by Crippen LogP contribution is 2.33. The largest absolute Gasteiger partial charge is 0.456 e. The van der Waals surface area contributed by atoms with Crippen molar-refractivity contribution in [1.29, 1.82) is 0 Å². The molecule has 3 aliphatic heterocycles. The summed E-state index contributed by atoms with van der Waals surface area (Å²) in [7, 11) is -2.96. The Bertz CT molecular complexity index is 1390.